The van der Waals surface area contributed by atoms with Crippen molar-refractivity contribution in [2.75, 3.05) is 14.2 Å². The summed E-state index contributed by atoms with van der Waals surface area (Å²) in [4.78, 5) is 9.15. The maximum absolute atomic E-state index is 5.39. The maximum atomic E-state index is 5.39. The van der Waals surface area contributed by atoms with Crippen LogP contribution in [-0.2, 0) is 0 Å². The van der Waals surface area contributed by atoms with Crippen molar-refractivity contribution in [3.8, 4) is 22.8 Å². The van der Waals surface area contributed by atoms with E-state index < -0.39 is 0 Å². The van der Waals surface area contributed by atoms with E-state index in [1.807, 2.05) is 42.5 Å². The number of nitrogens with zero attached hydrogens (tertiary/aromatic N) is 2. The number of fused-ring (bicyclic) bond motifs is 1. The van der Waals surface area contributed by atoms with Crippen LogP contribution in [0.5, 0.6) is 11.5 Å². The molecule has 21 heavy (non-hydrogen) atoms. The fraction of sp³-hybridized carbons (Fsp3) is 0.125. The van der Waals surface area contributed by atoms with Gasteiger partial charge in [-0.3, -0.25) is 0 Å². The van der Waals surface area contributed by atoms with Gasteiger partial charge in [0.05, 0.1) is 0 Å². The normalized spacial score (nSPS) is 10.6. The Hall–Kier alpha value is -2.06. The molecule has 0 fully saturated rings. The molecule has 2 aromatic carbocycles. The second-order valence-electron chi connectivity index (χ2n) is 4.52. The Labute approximate surface area is 131 Å². The average molecular weight is 342 g/mol. The number of aromatic nitrogens is 2. The first-order valence-corrected chi connectivity index (χ1v) is 7.68. The Balaban J connectivity index is 2.34. The van der Waals surface area contributed by atoms with Gasteiger partial charge in [-0.2, -0.15) is 0 Å². The SMILES string of the molecule is COc1cc2nc([AsH2])nc(-c3ccccc3)c2cc1OC. The van der Waals surface area contributed by atoms with Crippen molar-refractivity contribution >= 4 is 32.4 Å². The zero-order valence-corrected chi connectivity index (χ0v) is 14.3. The molecule has 0 N–H and O–H groups in total. The molecule has 1 aromatic heterocycles. The molecule has 0 amide bonds. The third-order valence-corrected chi connectivity index (χ3v) is 3.81. The zero-order chi connectivity index (χ0) is 14.8. The summed E-state index contributed by atoms with van der Waals surface area (Å²) in [5.41, 5.74) is 2.85. The van der Waals surface area contributed by atoms with Crippen molar-refractivity contribution in [1.82, 2.24) is 9.97 Å². The first-order valence-electron chi connectivity index (χ1n) is 6.47. The van der Waals surface area contributed by atoms with Crippen LogP contribution in [0.3, 0.4) is 0 Å². The summed E-state index contributed by atoms with van der Waals surface area (Å²) in [6, 6.07) is 13.9. The molecule has 1 heterocycles. The minimum absolute atomic E-state index is 0.676. The molecule has 106 valence electrons. The Morgan fingerprint density at radius 2 is 1.57 bits per heavy atom. The van der Waals surface area contributed by atoms with E-state index in [9.17, 15) is 0 Å². The van der Waals surface area contributed by atoms with Crippen LogP contribution in [0.25, 0.3) is 22.2 Å². The van der Waals surface area contributed by atoms with Gasteiger partial charge in [-0.15, -0.1) is 0 Å². The summed E-state index contributed by atoms with van der Waals surface area (Å²) >= 11 is 1.40. The monoisotopic (exact) mass is 342 g/mol. The molecule has 1 atom stereocenters. The molecule has 0 saturated heterocycles. The molecule has 3 aromatic rings. The summed E-state index contributed by atoms with van der Waals surface area (Å²) in [7, 11) is 3.25. The van der Waals surface area contributed by atoms with Gasteiger partial charge in [0, 0.05) is 0 Å². The van der Waals surface area contributed by atoms with Crippen molar-refractivity contribution < 1.29 is 9.47 Å². The van der Waals surface area contributed by atoms with Crippen LogP contribution >= 0.6 is 0 Å². The van der Waals surface area contributed by atoms with Crippen LogP contribution in [0.2, 0.25) is 0 Å². The molecule has 3 rings (SSSR count). The number of benzene rings is 2. The van der Waals surface area contributed by atoms with Gasteiger partial charge < -0.3 is 0 Å². The van der Waals surface area contributed by atoms with Crippen molar-refractivity contribution in [1.29, 1.82) is 0 Å². The van der Waals surface area contributed by atoms with Crippen LogP contribution in [0.1, 0.15) is 0 Å². The van der Waals surface area contributed by atoms with Gasteiger partial charge in [0.15, 0.2) is 0 Å². The third kappa shape index (κ3) is 2.59. The molecule has 5 heteroatoms. The molecule has 0 aliphatic carbocycles. The van der Waals surface area contributed by atoms with Gasteiger partial charge in [0.2, 0.25) is 0 Å². The predicted octanol–water partition coefficient (Wildman–Crippen LogP) is 1.57. The van der Waals surface area contributed by atoms with Crippen molar-refractivity contribution in [3.05, 3.63) is 42.5 Å². The van der Waals surface area contributed by atoms with Gasteiger partial charge in [0.25, 0.3) is 0 Å². The van der Waals surface area contributed by atoms with Gasteiger partial charge in [-0.1, -0.05) is 0 Å². The summed E-state index contributed by atoms with van der Waals surface area (Å²) in [5.74, 6) is 1.36. The molecule has 1 unspecified atom stereocenters. The van der Waals surface area contributed by atoms with Gasteiger partial charge >= 0.3 is 131 Å². The third-order valence-electron chi connectivity index (χ3n) is 3.27. The van der Waals surface area contributed by atoms with Crippen molar-refractivity contribution in [2.24, 2.45) is 0 Å². The van der Waals surface area contributed by atoms with E-state index in [-0.39, 0.29) is 0 Å². The first-order chi connectivity index (χ1) is 10.2. The van der Waals surface area contributed by atoms with Crippen LogP contribution < -0.4 is 14.1 Å². The molecule has 0 aliphatic rings. The van der Waals surface area contributed by atoms with E-state index >= 15 is 0 Å². The number of hydrogen-bond acceptors (Lipinski definition) is 4. The molecular weight excluding hydrogens is 327 g/mol. The average Bonchev–Trinajstić information content (AvgIpc) is 2.53. The van der Waals surface area contributed by atoms with Crippen LogP contribution in [0.4, 0.5) is 0 Å². The van der Waals surface area contributed by atoms with E-state index in [0.29, 0.717) is 11.5 Å². The van der Waals surface area contributed by atoms with E-state index in [1.165, 1.54) is 16.9 Å². The summed E-state index contributed by atoms with van der Waals surface area (Å²) in [5, 5.41) is 0.959. The number of hydrogen-bond donors (Lipinski definition) is 0. The second-order valence-corrected chi connectivity index (χ2v) is 5.60. The van der Waals surface area contributed by atoms with E-state index in [1.54, 1.807) is 14.2 Å². The number of rotatable bonds is 3. The Kier molecular flexibility index (Phi) is 3.80. The van der Waals surface area contributed by atoms with Gasteiger partial charge in [0.1, 0.15) is 0 Å². The van der Waals surface area contributed by atoms with Crippen LogP contribution in [0, 0.1) is 0 Å². The molecule has 0 aliphatic heterocycles. The number of methoxy groups -OCH3 is 2. The quantitative estimate of drug-likeness (QED) is 0.678. The van der Waals surface area contributed by atoms with Crippen molar-refractivity contribution in [3.63, 3.8) is 0 Å². The molecule has 0 bridgehead atoms. The molecule has 4 nitrogen and oxygen atoms in total. The zero-order valence-electron chi connectivity index (χ0n) is 11.8. The topological polar surface area (TPSA) is 44.2 Å². The van der Waals surface area contributed by atoms with E-state index in [2.05, 4.69) is 9.97 Å². The van der Waals surface area contributed by atoms with Gasteiger partial charge in [-0.25, -0.2) is 0 Å². The Bertz CT molecular complexity index is 791. The fourth-order valence-electron chi connectivity index (χ4n) is 2.29. The Morgan fingerprint density at radius 3 is 2.24 bits per heavy atom. The summed E-state index contributed by atoms with van der Waals surface area (Å²) in [6.45, 7) is 0. The van der Waals surface area contributed by atoms with E-state index in [4.69, 9.17) is 9.47 Å². The van der Waals surface area contributed by atoms with Gasteiger partial charge in [-0.05, 0) is 0 Å². The van der Waals surface area contributed by atoms with Crippen LogP contribution in [0.15, 0.2) is 42.5 Å². The molecule has 0 saturated carbocycles. The standard InChI is InChI=1S/C16H15AsN2O2/c1-20-13-8-11-12(9-14(13)21-2)18-16(17)19-15(11)10-6-4-3-5-7-10/h3-9H,17H2,1-2H3. The fourth-order valence-corrected chi connectivity index (χ4v) is 2.85. The van der Waals surface area contributed by atoms with Crippen molar-refractivity contribution in [2.45, 2.75) is 0 Å². The van der Waals surface area contributed by atoms with Crippen LogP contribution in [-0.4, -0.2) is 41.0 Å². The first kappa shape index (κ1) is 13.9. The molecular formula is C16H15AsN2O2. The minimum atomic E-state index is 0.676. The molecule has 0 radical (unpaired) electrons. The summed E-state index contributed by atoms with van der Waals surface area (Å²) < 4.78 is 11.5. The predicted molar refractivity (Wildman–Crippen MR) is 86.3 cm³/mol. The van der Waals surface area contributed by atoms with E-state index in [0.717, 1.165) is 26.8 Å². The number of ether oxygens (including phenoxy) is 2. The summed E-state index contributed by atoms with van der Waals surface area (Å²) in [6.07, 6.45) is 0. The second kappa shape index (κ2) is 5.74. The molecule has 0 spiro atoms. The Morgan fingerprint density at radius 1 is 0.905 bits per heavy atom.